The van der Waals surface area contributed by atoms with Gasteiger partial charge in [0, 0.05) is 49.2 Å². The minimum Gasteiger partial charge on any atom is -0.444 e. The summed E-state index contributed by atoms with van der Waals surface area (Å²) in [5.74, 6) is 1.13. The minimum atomic E-state index is -0.480. The van der Waals surface area contributed by atoms with E-state index >= 15 is 0 Å². The molecule has 2 aromatic carbocycles. The zero-order valence-corrected chi connectivity index (χ0v) is 26.8. The number of amides is 1. The average molecular weight is 616 g/mol. The third-order valence-electron chi connectivity index (χ3n) is 8.75. The number of benzene rings is 2. The molecule has 2 N–H and O–H groups in total. The average Bonchev–Trinajstić information content (AvgIpc) is 3.81. The van der Waals surface area contributed by atoms with Crippen molar-refractivity contribution in [3.05, 3.63) is 90.6 Å². The van der Waals surface area contributed by atoms with Gasteiger partial charge in [0.15, 0.2) is 11.5 Å². The molecule has 4 heterocycles. The van der Waals surface area contributed by atoms with E-state index < -0.39 is 5.60 Å². The summed E-state index contributed by atoms with van der Waals surface area (Å²) >= 11 is 0. The fourth-order valence-corrected chi connectivity index (χ4v) is 6.39. The molecule has 0 bridgehead atoms. The van der Waals surface area contributed by atoms with Gasteiger partial charge in [-0.25, -0.2) is 19.7 Å². The van der Waals surface area contributed by atoms with E-state index in [2.05, 4.69) is 50.8 Å². The third kappa shape index (κ3) is 6.33. The van der Waals surface area contributed by atoms with E-state index in [1.807, 2.05) is 68.1 Å². The number of rotatable bonds is 7. The molecular weight excluding hydrogens is 574 g/mol. The quantitative estimate of drug-likeness (QED) is 0.208. The monoisotopic (exact) mass is 615 g/mol. The Bertz CT molecular complexity index is 1830. The molecular formula is C37H41N7O2. The fourth-order valence-electron chi connectivity index (χ4n) is 6.39. The summed E-state index contributed by atoms with van der Waals surface area (Å²) in [6.07, 6.45) is 5.61. The van der Waals surface area contributed by atoms with Crippen LogP contribution in [0.25, 0.3) is 39.5 Å². The molecule has 2 fully saturated rings. The first-order valence-electron chi connectivity index (χ1n) is 16.2. The summed E-state index contributed by atoms with van der Waals surface area (Å²) < 4.78 is 7.85. The van der Waals surface area contributed by atoms with Crippen LogP contribution in [0.3, 0.4) is 0 Å². The van der Waals surface area contributed by atoms with E-state index in [0.717, 1.165) is 79.0 Å². The number of ether oxygens (including phenoxy) is 1. The molecule has 46 heavy (non-hydrogen) atoms. The molecule has 1 aliphatic carbocycles. The molecule has 0 spiro atoms. The van der Waals surface area contributed by atoms with Gasteiger partial charge in [-0.05, 0) is 88.4 Å². The Hall–Kier alpha value is -4.76. The third-order valence-corrected chi connectivity index (χ3v) is 8.75. The molecule has 1 aliphatic heterocycles. The van der Waals surface area contributed by atoms with E-state index in [0.29, 0.717) is 17.7 Å². The molecule has 0 atom stereocenters. The molecule has 236 valence electrons. The van der Waals surface area contributed by atoms with Gasteiger partial charge in [-0.1, -0.05) is 42.5 Å². The van der Waals surface area contributed by atoms with Gasteiger partial charge in [-0.15, -0.1) is 0 Å². The van der Waals surface area contributed by atoms with Crippen LogP contribution in [0.15, 0.2) is 85.1 Å². The highest BCUT2D eigenvalue weighted by Gasteiger charge is 2.40. The van der Waals surface area contributed by atoms with Gasteiger partial charge in [-0.3, -0.25) is 9.47 Å². The lowest BCUT2D eigenvalue weighted by molar-refractivity contribution is 0.00541. The van der Waals surface area contributed by atoms with Gasteiger partial charge in [-0.2, -0.15) is 0 Å². The van der Waals surface area contributed by atoms with Gasteiger partial charge in [0.2, 0.25) is 0 Å². The van der Waals surface area contributed by atoms with Crippen LogP contribution in [0.1, 0.15) is 52.0 Å². The van der Waals surface area contributed by atoms with Crippen LogP contribution >= 0.6 is 0 Å². The summed E-state index contributed by atoms with van der Waals surface area (Å²) in [6.45, 7) is 8.56. The highest BCUT2D eigenvalue weighted by Crippen LogP contribution is 2.34. The van der Waals surface area contributed by atoms with Gasteiger partial charge >= 0.3 is 6.09 Å². The van der Waals surface area contributed by atoms with Crippen LogP contribution in [0, 0.1) is 0 Å². The Morgan fingerprint density at radius 2 is 1.61 bits per heavy atom. The largest absolute Gasteiger partial charge is 0.444 e. The number of nitrogens with zero attached hydrogens (tertiary/aromatic N) is 6. The van der Waals surface area contributed by atoms with Crippen LogP contribution in [0.2, 0.25) is 0 Å². The Kier molecular flexibility index (Phi) is 7.94. The van der Waals surface area contributed by atoms with E-state index in [1.165, 1.54) is 5.56 Å². The first-order chi connectivity index (χ1) is 22.2. The van der Waals surface area contributed by atoms with Crippen LogP contribution in [-0.4, -0.2) is 66.2 Å². The Balaban J connectivity index is 1.12. The second kappa shape index (κ2) is 12.2. The molecule has 7 rings (SSSR count). The normalized spacial score (nSPS) is 16.1. The molecule has 3 aromatic heterocycles. The highest BCUT2D eigenvalue weighted by atomic mass is 16.6. The molecule has 5 aromatic rings. The zero-order valence-electron chi connectivity index (χ0n) is 26.8. The maximum Gasteiger partial charge on any atom is 0.410 e. The maximum absolute atomic E-state index is 13.0. The number of likely N-dealkylation sites (tertiary alicyclic amines) is 1. The number of imidazole rings is 1. The zero-order chi connectivity index (χ0) is 31.8. The summed E-state index contributed by atoms with van der Waals surface area (Å²) in [6, 6.07) is 27.2. The Morgan fingerprint density at radius 1 is 0.891 bits per heavy atom. The number of carbonyl (C=O) groups is 1. The van der Waals surface area contributed by atoms with Gasteiger partial charge in [0.05, 0.1) is 11.3 Å². The number of hydrogen-bond acceptors (Lipinski definition) is 7. The lowest BCUT2D eigenvalue weighted by Crippen LogP contribution is -2.49. The van der Waals surface area contributed by atoms with Crippen LogP contribution in [-0.2, 0) is 11.3 Å². The van der Waals surface area contributed by atoms with E-state index in [-0.39, 0.29) is 12.1 Å². The molecule has 9 heteroatoms. The lowest BCUT2D eigenvalue weighted by Gasteiger charge is -2.39. The minimum absolute atomic E-state index is 0.158. The second-order valence-corrected chi connectivity index (χ2v) is 13.4. The van der Waals surface area contributed by atoms with Crippen molar-refractivity contribution in [3.8, 4) is 28.3 Å². The van der Waals surface area contributed by atoms with E-state index in [1.54, 1.807) is 6.20 Å². The fraction of sp³-hybridized carbons (Fsp3) is 0.351. The van der Waals surface area contributed by atoms with Gasteiger partial charge in [0.1, 0.15) is 16.9 Å². The Morgan fingerprint density at radius 3 is 2.28 bits per heavy atom. The second-order valence-electron chi connectivity index (χ2n) is 13.4. The molecule has 9 nitrogen and oxygen atoms in total. The van der Waals surface area contributed by atoms with Crippen LogP contribution in [0.5, 0.6) is 0 Å². The standard InChI is InChI=1S/C37H41N7O2/c1-37(2,3)46-36(45)43(27-15-16-27)29-19-22-42(23-20-29)24-25-11-13-28(14-12-25)44-34(30-10-7-21-39-33(30)38)41-32-18-17-31(40-35(32)44)26-8-5-4-6-9-26/h4-14,17-18,21,27,29H,15-16,19-20,22-24H2,1-3H3,(H2,38,39). The van der Waals surface area contributed by atoms with E-state index in [9.17, 15) is 4.79 Å². The SMILES string of the molecule is CC(C)(C)OC(=O)N(C1CC1)C1CCN(Cc2ccc(-n3c(-c4cccnc4N)nc4ccc(-c5ccccc5)nc43)cc2)CC1. The van der Waals surface area contributed by atoms with Crippen LogP contribution in [0.4, 0.5) is 10.6 Å². The summed E-state index contributed by atoms with van der Waals surface area (Å²) in [5, 5.41) is 0. The predicted molar refractivity (Wildman–Crippen MR) is 181 cm³/mol. The molecule has 0 radical (unpaired) electrons. The number of pyridine rings is 2. The number of aromatic nitrogens is 4. The molecule has 1 saturated carbocycles. The molecule has 2 aliphatic rings. The van der Waals surface area contributed by atoms with Crippen molar-refractivity contribution in [2.24, 2.45) is 0 Å². The van der Waals surface area contributed by atoms with Gasteiger partial charge < -0.3 is 15.4 Å². The lowest BCUT2D eigenvalue weighted by atomic mass is 10.0. The van der Waals surface area contributed by atoms with E-state index in [4.69, 9.17) is 20.4 Å². The molecule has 1 saturated heterocycles. The van der Waals surface area contributed by atoms with Crippen molar-refractivity contribution in [1.29, 1.82) is 0 Å². The van der Waals surface area contributed by atoms with Crippen LogP contribution < -0.4 is 5.73 Å². The maximum atomic E-state index is 13.0. The number of nitrogen functional groups attached to an aromatic ring is 1. The predicted octanol–water partition coefficient (Wildman–Crippen LogP) is 7.10. The number of fused-ring (bicyclic) bond motifs is 1. The number of nitrogens with two attached hydrogens (primary N) is 1. The van der Waals surface area contributed by atoms with Crippen molar-refractivity contribution in [2.75, 3.05) is 18.8 Å². The summed E-state index contributed by atoms with van der Waals surface area (Å²) in [7, 11) is 0. The highest BCUT2D eigenvalue weighted by molar-refractivity contribution is 5.84. The Labute approximate surface area is 270 Å². The first-order valence-corrected chi connectivity index (χ1v) is 16.2. The van der Waals surface area contributed by atoms with Crippen molar-refractivity contribution in [1.82, 2.24) is 29.3 Å². The smallest absolute Gasteiger partial charge is 0.410 e. The summed E-state index contributed by atoms with van der Waals surface area (Å²) in [5.41, 5.74) is 12.3. The van der Waals surface area contributed by atoms with Crippen molar-refractivity contribution in [3.63, 3.8) is 0 Å². The number of anilines is 1. The van der Waals surface area contributed by atoms with Crippen molar-refractivity contribution >= 4 is 23.1 Å². The van der Waals surface area contributed by atoms with Crippen molar-refractivity contribution < 1.29 is 9.53 Å². The number of hydrogen-bond donors (Lipinski definition) is 1. The first kappa shape index (κ1) is 29.9. The molecule has 1 amide bonds. The summed E-state index contributed by atoms with van der Waals surface area (Å²) in [4.78, 5) is 31.9. The topological polar surface area (TPSA) is 102 Å². The molecule has 0 unspecified atom stereocenters. The number of piperidine rings is 1. The van der Waals surface area contributed by atoms with Crippen molar-refractivity contribution in [2.45, 2.75) is 70.7 Å². The van der Waals surface area contributed by atoms with Gasteiger partial charge in [0.25, 0.3) is 0 Å². The number of carbonyl (C=O) groups excluding carboxylic acids is 1.